The molecular formula is C16H23NO2. The summed E-state index contributed by atoms with van der Waals surface area (Å²) in [6.45, 7) is 4.85. The average molecular weight is 261 g/mol. The van der Waals surface area contributed by atoms with E-state index >= 15 is 0 Å². The van der Waals surface area contributed by atoms with E-state index in [1.807, 2.05) is 0 Å². The van der Waals surface area contributed by atoms with Gasteiger partial charge in [0.05, 0.1) is 18.8 Å². The highest BCUT2D eigenvalue weighted by atomic mass is 16.5. The van der Waals surface area contributed by atoms with E-state index in [2.05, 4.69) is 35.2 Å². The first kappa shape index (κ1) is 13.1. The Kier molecular flexibility index (Phi) is 4.49. The van der Waals surface area contributed by atoms with Gasteiger partial charge < -0.3 is 9.47 Å². The molecule has 2 saturated heterocycles. The van der Waals surface area contributed by atoms with Crippen LogP contribution in [-0.4, -0.2) is 43.9 Å². The second kappa shape index (κ2) is 6.51. The molecule has 3 heteroatoms. The zero-order valence-corrected chi connectivity index (χ0v) is 11.5. The fourth-order valence-corrected chi connectivity index (χ4v) is 2.98. The molecule has 2 unspecified atom stereocenters. The van der Waals surface area contributed by atoms with E-state index in [1.54, 1.807) is 0 Å². The third kappa shape index (κ3) is 3.56. The molecule has 0 aromatic heterocycles. The van der Waals surface area contributed by atoms with Crippen LogP contribution in [0.2, 0.25) is 0 Å². The maximum atomic E-state index is 5.90. The molecule has 104 valence electrons. The molecule has 0 saturated carbocycles. The molecule has 2 aliphatic rings. The minimum absolute atomic E-state index is 0.221. The predicted octanol–water partition coefficient (Wildman–Crippen LogP) is 2.63. The van der Waals surface area contributed by atoms with Gasteiger partial charge >= 0.3 is 0 Å². The fourth-order valence-electron chi connectivity index (χ4n) is 2.98. The van der Waals surface area contributed by atoms with Crippen LogP contribution in [0.3, 0.4) is 0 Å². The van der Waals surface area contributed by atoms with Gasteiger partial charge in [-0.25, -0.2) is 0 Å². The van der Waals surface area contributed by atoms with Crippen molar-refractivity contribution in [1.82, 2.24) is 4.90 Å². The smallest absolute Gasteiger partial charge is 0.0952 e. The van der Waals surface area contributed by atoms with Crippen LogP contribution in [0.4, 0.5) is 0 Å². The van der Waals surface area contributed by atoms with E-state index in [9.17, 15) is 0 Å². The van der Waals surface area contributed by atoms with Gasteiger partial charge in [-0.05, 0) is 24.8 Å². The Bertz CT molecular complexity index is 376. The molecule has 2 atom stereocenters. The van der Waals surface area contributed by atoms with Crippen molar-refractivity contribution < 1.29 is 9.47 Å². The van der Waals surface area contributed by atoms with Crippen LogP contribution < -0.4 is 0 Å². The highest BCUT2D eigenvalue weighted by Gasteiger charge is 2.25. The number of morpholine rings is 1. The Morgan fingerprint density at radius 2 is 1.95 bits per heavy atom. The van der Waals surface area contributed by atoms with E-state index in [4.69, 9.17) is 9.47 Å². The lowest BCUT2D eigenvalue weighted by atomic mass is 10.1. The van der Waals surface area contributed by atoms with E-state index in [0.717, 1.165) is 32.8 Å². The van der Waals surface area contributed by atoms with Crippen molar-refractivity contribution in [3.8, 4) is 0 Å². The molecule has 0 amide bonds. The molecule has 0 N–H and O–H groups in total. The van der Waals surface area contributed by atoms with Crippen LogP contribution in [0.25, 0.3) is 0 Å². The Morgan fingerprint density at radius 1 is 1.05 bits per heavy atom. The monoisotopic (exact) mass is 261 g/mol. The van der Waals surface area contributed by atoms with Crippen LogP contribution in [0, 0.1) is 0 Å². The molecule has 2 aliphatic heterocycles. The maximum absolute atomic E-state index is 5.90. The lowest BCUT2D eigenvalue weighted by Crippen LogP contribution is -2.43. The van der Waals surface area contributed by atoms with Crippen molar-refractivity contribution in [1.29, 1.82) is 0 Å². The molecule has 2 heterocycles. The van der Waals surface area contributed by atoms with Crippen molar-refractivity contribution in [2.24, 2.45) is 0 Å². The largest absolute Gasteiger partial charge is 0.377 e. The molecule has 0 bridgehead atoms. The lowest BCUT2D eigenvalue weighted by Gasteiger charge is -2.36. The zero-order chi connectivity index (χ0) is 12.9. The molecule has 3 nitrogen and oxygen atoms in total. The molecule has 0 aliphatic carbocycles. The van der Waals surface area contributed by atoms with Gasteiger partial charge in [-0.1, -0.05) is 30.3 Å². The van der Waals surface area contributed by atoms with Crippen molar-refractivity contribution in [2.75, 3.05) is 32.8 Å². The first-order valence-corrected chi connectivity index (χ1v) is 7.42. The Hall–Kier alpha value is -0.900. The van der Waals surface area contributed by atoms with Gasteiger partial charge in [-0.15, -0.1) is 0 Å². The van der Waals surface area contributed by atoms with Gasteiger partial charge in [0, 0.05) is 26.2 Å². The van der Waals surface area contributed by atoms with Crippen molar-refractivity contribution in [2.45, 2.75) is 31.5 Å². The standard InChI is InChI=1S/C16H23NO2/c1-2-6-14(7-3-1)16-13-17(9-11-19-16)12-15-8-4-5-10-18-15/h1-3,6-7,15-16H,4-5,8-13H2. The fraction of sp³-hybridized carbons (Fsp3) is 0.625. The number of hydrogen-bond acceptors (Lipinski definition) is 3. The predicted molar refractivity (Wildman–Crippen MR) is 75.2 cm³/mol. The summed E-state index contributed by atoms with van der Waals surface area (Å²) in [5, 5.41) is 0. The average Bonchev–Trinajstić information content (AvgIpc) is 2.49. The van der Waals surface area contributed by atoms with Crippen molar-refractivity contribution >= 4 is 0 Å². The molecule has 0 radical (unpaired) electrons. The third-order valence-electron chi connectivity index (χ3n) is 4.06. The summed E-state index contributed by atoms with van der Waals surface area (Å²) in [4.78, 5) is 2.50. The molecule has 1 aromatic rings. The van der Waals surface area contributed by atoms with Gasteiger partial charge in [0.25, 0.3) is 0 Å². The highest BCUT2D eigenvalue weighted by Crippen LogP contribution is 2.23. The Labute approximate surface area is 115 Å². The summed E-state index contributed by atoms with van der Waals surface area (Å²) in [5.41, 5.74) is 1.29. The SMILES string of the molecule is c1ccc(C2CN(CC3CCCCO3)CCO2)cc1. The van der Waals surface area contributed by atoms with Gasteiger partial charge in [0.15, 0.2) is 0 Å². The maximum Gasteiger partial charge on any atom is 0.0952 e. The molecule has 19 heavy (non-hydrogen) atoms. The number of hydrogen-bond donors (Lipinski definition) is 0. The van der Waals surface area contributed by atoms with Crippen LogP contribution in [0.1, 0.15) is 30.9 Å². The third-order valence-corrected chi connectivity index (χ3v) is 4.06. The summed E-state index contributed by atoms with van der Waals surface area (Å²) in [7, 11) is 0. The molecule has 0 spiro atoms. The minimum Gasteiger partial charge on any atom is -0.377 e. The zero-order valence-electron chi connectivity index (χ0n) is 11.5. The number of benzene rings is 1. The van der Waals surface area contributed by atoms with E-state index in [0.29, 0.717) is 6.10 Å². The van der Waals surface area contributed by atoms with Crippen LogP contribution in [0.5, 0.6) is 0 Å². The van der Waals surface area contributed by atoms with E-state index in [1.165, 1.54) is 24.8 Å². The Morgan fingerprint density at radius 3 is 2.74 bits per heavy atom. The first-order chi connectivity index (χ1) is 9.42. The summed E-state index contributed by atoms with van der Waals surface area (Å²) in [5.74, 6) is 0. The van der Waals surface area contributed by atoms with Crippen LogP contribution in [0.15, 0.2) is 30.3 Å². The van der Waals surface area contributed by atoms with Gasteiger partial charge in [-0.3, -0.25) is 4.90 Å². The topological polar surface area (TPSA) is 21.7 Å². The van der Waals surface area contributed by atoms with Gasteiger partial charge in [-0.2, -0.15) is 0 Å². The summed E-state index contributed by atoms with van der Waals surface area (Å²) >= 11 is 0. The van der Waals surface area contributed by atoms with Gasteiger partial charge in [0.2, 0.25) is 0 Å². The second-order valence-corrected chi connectivity index (χ2v) is 5.52. The number of nitrogens with zero attached hydrogens (tertiary/aromatic N) is 1. The number of ether oxygens (including phenoxy) is 2. The van der Waals surface area contributed by atoms with E-state index in [-0.39, 0.29) is 6.10 Å². The van der Waals surface area contributed by atoms with Gasteiger partial charge in [0.1, 0.15) is 0 Å². The van der Waals surface area contributed by atoms with Crippen LogP contribution in [-0.2, 0) is 9.47 Å². The van der Waals surface area contributed by atoms with Crippen molar-refractivity contribution in [3.05, 3.63) is 35.9 Å². The summed E-state index contributed by atoms with van der Waals surface area (Å²) in [6, 6.07) is 10.5. The molecule has 1 aromatic carbocycles. The molecule has 2 fully saturated rings. The molecule has 3 rings (SSSR count). The minimum atomic E-state index is 0.221. The molecular weight excluding hydrogens is 238 g/mol. The highest BCUT2D eigenvalue weighted by molar-refractivity contribution is 5.18. The quantitative estimate of drug-likeness (QED) is 0.835. The second-order valence-electron chi connectivity index (χ2n) is 5.52. The normalized spacial score (nSPS) is 29.3. The lowest BCUT2D eigenvalue weighted by molar-refractivity contribution is -0.0611. The first-order valence-electron chi connectivity index (χ1n) is 7.42. The van der Waals surface area contributed by atoms with E-state index < -0.39 is 0 Å². The van der Waals surface area contributed by atoms with Crippen molar-refractivity contribution in [3.63, 3.8) is 0 Å². The number of rotatable bonds is 3. The summed E-state index contributed by atoms with van der Waals surface area (Å²) in [6.07, 6.45) is 4.42. The van der Waals surface area contributed by atoms with Crippen LogP contribution >= 0.6 is 0 Å². The Balaban J connectivity index is 1.55. The summed E-state index contributed by atoms with van der Waals surface area (Å²) < 4.78 is 11.7.